The van der Waals surface area contributed by atoms with Gasteiger partial charge in [-0.05, 0) is 56.5 Å². The van der Waals surface area contributed by atoms with Gasteiger partial charge in [-0.1, -0.05) is 12.1 Å². The van der Waals surface area contributed by atoms with E-state index in [1.165, 1.54) is 18.4 Å². The van der Waals surface area contributed by atoms with E-state index in [1.54, 1.807) is 0 Å². The molecule has 0 saturated carbocycles. The van der Waals surface area contributed by atoms with Crippen LogP contribution in [0.1, 0.15) is 36.9 Å². The minimum atomic E-state index is 0.368. The van der Waals surface area contributed by atoms with Gasteiger partial charge in [0.2, 0.25) is 0 Å². The quantitative estimate of drug-likeness (QED) is 0.886. The molecule has 2 N–H and O–H groups in total. The van der Waals surface area contributed by atoms with Crippen molar-refractivity contribution in [3.8, 4) is 6.07 Å². The highest BCUT2D eigenvalue weighted by Crippen LogP contribution is 2.26. The van der Waals surface area contributed by atoms with Gasteiger partial charge in [0, 0.05) is 12.6 Å². The van der Waals surface area contributed by atoms with Crippen molar-refractivity contribution >= 4 is 0 Å². The molecule has 18 heavy (non-hydrogen) atoms. The molecule has 1 fully saturated rings. The molecule has 0 aliphatic carbocycles. The zero-order chi connectivity index (χ0) is 13.0. The Morgan fingerprint density at radius 2 is 2.39 bits per heavy atom. The van der Waals surface area contributed by atoms with Crippen LogP contribution in [-0.4, -0.2) is 24.5 Å². The lowest BCUT2D eigenvalue weighted by Gasteiger charge is -2.36. The van der Waals surface area contributed by atoms with Crippen LogP contribution < -0.4 is 5.73 Å². The lowest BCUT2D eigenvalue weighted by molar-refractivity contribution is 0.134. The molecular weight excluding hydrogens is 222 g/mol. The number of nitrogens with two attached hydrogens (primary N) is 1. The third-order valence-electron chi connectivity index (χ3n) is 3.93. The van der Waals surface area contributed by atoms with Crippen LogP contribution in [-0.2, 0) is 0 Å². The molecule has 2 unspecified atom stereocenters. The van der Waals surface area contributed by atoms with Crippen LogP contribution in [0.4, 0.5) is 0 Å². The first-order valence-corrected chi connectivity index (χ1v) is 6.68. The van der Waals surface area contributed by atoms with E-state index >= 15 is 0 Å². The van der Waals surface area contributed by atoms with Gasteiger partial charge in [-0.15, -0.1) is 0 Å². The van der Waals surface area contributed by atoms with Gasteiger partial charge in [-0.2, -0.15) is 5.26 Å². The molecule has 1 aromatic rings. The molecule has 1 aromatic carbocycles. The average Bonchev–Trinajstić information content (AvgIpc) is 2.46. The Kier molecular flexibility index (Phi) is 4.35. The third kappa shape index (κ3) is 2.90. The number of piperidine rings is 1. The number of likely N-dealkylation sites (tertiary alicyclic amines) is 1. The number of hydrogen-bond acceptors (Lipinski definition) is 3. The molecule has 0 amide bonds. The molecule has 0 radical (unpaired) electrons. The van der Waals surface area contributed by atoms with Crippen LogP contribution in [0.15, 0.2) is 24.3 Å². The van der Waals surface area contributed by atoms with Crippen molar-refractivity contribution in [3.63, 3.8) is 0 Å². The Morgan fingerprint density at radius 1 is 1.56 bits per heavy atom. The van der Waals surface area contributed by atoms with Gasteiger partial charge in [0.25, 0.3) is 0 Å². The maximum Gasteiger partial charge on any atom is 0.0991 e. The van der Waals surface area contributed by atoms with Crippen molar-refractivity contribution in [2.75, 3.05) is 19.6 Å². The number of benzene rings is 1. The highest BCUT2D eigenvalue weighted by Gasteiger charge is 2.23. The normalized spacial score (nSPS) is 22.4. The van der Waals surface area contributed by atoms with Gasteiger partial charge in [0.15, 0.2) is 0 Å². The number of nitriles is 1. The van der Waals surface area contributed by atoms with E-state index in [9.17, 15) is 0 Å². The Morgan fingerprint density at radius 3 is 3.11 bits per heavy atom. The number of hydrogen-bond donors (Lipinski definition) is 1. The molecule has 2 rings (SSSR count). The smallest absolute Gasteiger partial charge is 0.0991 e. The summed E-state index contributed by atoms with van der Waals surface area (Å²) in [5, 5.41) is 8.95. The molecular formula is C15H21N3. The molecule has 1 aliphatic rings. The largest absolute Gasteiger partial charge is 0.330 e. The van der Waals surface area contributed by atoms with Gasteiger partial charge in [-0.3, -0.25) is 4.90 Å². The summed E-state index contributed by atoms with van der Waals surface area (Å²) in [6, 6.07) is 10.5. The van der Waals surface area contributed by atoms with Gasteiger partial charge in [0.1, 0.15) is 0 Å². The maximum atomic E-state index is 8.95. The van der Waals surface area contributed by atoms with Crippen molar-refractivity contribution in [2.24, 2.45) is 11.7 Å². The maximum absolute atomic E-state index is 8.95. The van der Waals surface area contributed by atoms with Gasteiger partial charge in [-0.25, -0.2) is 0 Å². The SMILES string of the molecule is CC(c1cccc(C#N)c1)N1CCCC(CN)C1. The topological polar surface area (TPSA) is 53.0 Å². The molecule has 1 aliphatic heterocycles. The molecule has 0 spiro atoms. The standard InChI is InChI=1S/C15H21N3/c1-12(15-6-2-4-13(8-15)9-16)18-7-3-5-14(10-17)11-18/h2,4,6,8,12,14H,3,5,7,10-11,17H2,1H3. The predicted octanol–water partition coefficient (Wildman–Crippen LogP) is 2.29. The zero-order valence-corrected chi connectivity index (χ0v) is 11.0. The Balaban J connectivity index is 2.10. The molecule has 0 bridgehead atoms. The van der Waals surface area contributed by atoms with E-state index in [0.717, 1.165) is 25.2 Å². The zero-order valence-electron chi connectivity index (χ0n) is 11.0. The van der Waals surface area contributed by atoms with Crippen molar-refractivity contribution in [1.29, 1.82) is 5.26 Å². The molecule has 3 nitrogen and oxygen atoms in total. The summed E-state index contributed by atoms with van der Waals surface area (Å²) in [5.74, 6) is 0.625. The van der Waals surface area contributed by atoms with Crippen LogP contribution in [0, 0.1) is 17.2 Å². The molecule has 3 heteroatoms. The Bertz CT molecular complexity index is 436. The monoisotopic (exact) mass is 243 g/mol. The molecule has 96 valence electrons. The second-order valence-corrected chi connectivity index (χ2v) is 5.15. The number of nitrogens with zero attached hydrogens (tertiary/aromatic N) is 2. The van der Waals surface area contributed by atoms with Crippen LogP contribution in [0.2, 0.25) is 0 Å². The first-order valence-electron chi connectivity index (χ1n) is 6.68. The summed E-state index contributed by atoms with van der Waals surface area (Å²) in [6.45, 7) is 5.21. The highest BCUT2D eigenvalue weighted by atomic mass is 15.2. The molecule has 1 saturated heterocycles. The molecule has 2 atom stereocenters. The fourth-order valence-corrected chi connectivity index (χ4v) is 2.72. The Labute approximate surface area is 109 Å². The van der Waals surface area contributed by atoms with Crippen molar-refractivity contribution in [3.05, 3.63) is 35.4 Å². The van der Waals surface area contributed by atoms with Crippen molar-refractivity contribution in [1.82, 2.24) is 4.90 Å². The number of rotatable bonds is 3. The van der Waals surface area contributed by atoms with E-state index in [4.69, 9.17) is 11.0 Å². The van der Waals surface area contributed by atoms with E-state index in [1.807, 2.05) is 18.2 Å². The van der Waals surface area contributed by atoms with Gasteiger partial charge in [0.05, 0.1) is 11.6 Å². The fraction of sp³-hybridized carbons (Fsp3) is 0.533. The first kappa shape index (κ1) is 13.1. The fourth-order valence-electron chi connectivity index (χ4n) is 2.72. The summed E-state index contributed by atoms with van der Waals surface area (Å²) in [7, 11) is 0. The second kappa shape index (κ2) is 5.99. The summed E-state index contributed by atoms with van der Waals surface area (Å²) in [5.41, 5.74) is 7.75. The first-order chi connectivity index (χ1) is 8.74. The van der Waals surface area contributed by atoms with E-state index < -0.39 is 0 Å². The van der Waals surface area contributed by atoms with Crippen LogP contribution >= 0.6 is 0 Å². The summed E-state index contributed by atoms with van der Waals surface area (Å²) < 4.78 is 0. The van der Waals surface area contributed by atoms with Crippen molar-refractivity contribution < 1.29 is 0 Å². The van der Waals surface area contributed by atoms with Crippen LogP contribution in [0.3, 0.4) is 0 Å². The minimum absolute atomic E-state index is 0.368. The van der Waals surface area contributed by atoms with Gasteiger partial charge >= 0.3 is 0 Å². The lowest BCUT2D eigenvalue weighted by atomic mass is 9.95. The third-order valence-corrected chi connectivity index (χ3v) is 3.93. The van der Waals surface area contributed by atoms with E-state index in [-0.39, 0.29) is 0 Å². The highest BCUT2D eigenvalue weighted by molar-refractivity contribution is 5.34. The van der Waals surface area contributed by atoms with Crippen molar-refractivity contribution in [2.45, 2.75) is 25.8 Å². The summed E-state index contributed by atoms with van der Waals surface area (Å²) >= 11 is 0. The second-order valence-electron chi connectivity index (χ2n) is 5.15. The van der Waals surface area contributed by atoms with Gasteiger partial charge < -0.3 is 5.73 Å². The van der Waals surface area contributed by atoms with E-state index in [0.29, 0.717) is 12.0 Å². The predicted molar refractivity (Wildman–Crippen MR) is 72.9 cm³/mol. The van der Waals surface area contributed by atoms with Crippen LogP contribution in [0.25, 0.3) is 0 Å². The Hall–Kier alpha value is -1.37. The lowest BCUT2D eigenvalue weighted by Crippen LogP contribution is -2.39. The summed E-state index contributed by atoms with van der Waals surface area (Å²) in [4.78, 5) is 2.48. The van der Waals surface area contributed by atoms with E-state index in [2.05, 4.69) is 24.0 Å². The minimum Gasteiger partial charge on any atom is -0.330 e. The molecule has 1 heterocycles. The van der Waals surface area contributed by atoms with Crippen LogP contribution in [0.5, 0.6) is 0 Å². The average molecular weight is 243 g/mol. The molecule has 0 aromatic heterocycles. The summed E-state index contributed by atoms with van der Waals surface area (Å²) in [6.07, 6.45) is 2.47.